The zero-order valence-corrected chi connectivity index (χ0v) is 14.0. The first-order valence-electron chi connectivity index (χ1n) is 7.07. The van der Waals surface area contributed by atoms with Gasteiger partial charge in [-0.15, -0.1) is 0 Å². The Bertz CT molecular complexity index is 664. The van der Waals surface area contributed by atoms with Crippen LogP contribution in [0.2, 0.25) is 0 Å². The minimum atomic E-state index is -3.88. The van der Waals surface area contributed by atoms with E-state index in [1.54, 1.807) is 7.11 Å². The highest BCUT2D eigenvalue weighted by atomic mass is 32.2. The Morgan fingerprint density at radius 3 is 2.71 bits per heavy atom. The first kappa shape index (κ1) is 20.0. The molecule has 0 fully saturated rings. The van der Waals surface area contributed by atoms with Crippen LogP contribution in [-0.2, 0) is 19.6 Å². The molecular weight excluding hydrogens is 340 g/mol. The Morgan fingerprint density at radius 1 is 1.29 bits per heavy atom. The van der Waals surface area contributed by atoms with Crippen LogP contribution in [0.3, 0.4) is 0 Å². The van der Waals surface area contributed by atoms with Crippen LogP contribution in [0.25, 0.3) is 0 Å². The van der Waals surface area contributed by atoms with Crippen molar-refractivity contribution in [3.05, 3.63) is 34.4 Å². The summed E-state index contributed by atoms with van der Waals surface area (Å²) in [6, 6.07) is 4.73. The molecule has 0 atom stereocenters. The number of ether oxygens (including phenoxy) is 1. The molecule has 0 spiro atoms. The van der Waals surface area contributed by atoms with E-state index in [0.717, 1.165) is 6.07 Å². The number of amides is 1. The Balaban J connectivity index is 2.39. The van der Waals surface area contributed by atoms with Crippen molar-refractivity contribution in [3.63, 3.8) is 0 Å². The van der Waals surface area contributed by atoms with E-state index in [9.17, 15) is 23.3 Å². The summed E-state index contributed by atoms with van der Waals surface area (Å²) in [5.74, 6) is -0.277. The Labute approximate surface area is 139 Å². The van der Waals surface area contributed by atoms with Crippen LogP contribution in [0.5, 0.6) is 0 Å². The van der Waals surface area contributed by atoms with Crippen molar-refractivity contribution in [2.24, 2.45) is 0 Å². The summed E-state index contributed by atoms with van der Waals surface area (Å²) in [7, 11) is -2.33. The summed E-state index contributed by atoms with van der Waals surface area (Å²) < 4.78 is 31.1. The number of sulfonamides is 1. The van der Waals surface area contributed by atoms with E-state index in [4.69, 9.17) is 4.74 Å². The number of carbonyl (C=O) groups excluding carboxylic acids is 1. The number of non-ortho nitro benzene ring substituents is 1. The summed E-state index contributed by atoms with van der Waals surface area (Å²) >= 11 is 0. The zero-order valence-electron chi connectivity index (χ0n) is 13.1. The molecule has 0 aliphatic rings. The fraction of sp³-hybridized carbons (Fsp3) is 0.462. The lowest BCUT2D eigenvalue weighted by Gasteiger charge is -2.08. The van der Waals surface area contributed by atoms with E-state index in [1.807, 2.05) is 0 Å². The molecule has 1 aromatic rings. The average Bonchev–Trinajstić information content (AvgIpc) is 2.56. The van der Waals surface area contributed by atoms with Gasteiger partial charge in [0.05, 0.1) is 23.0 Å². The molecule has 1 amide bonds. The largest absolute Gasteiger partial charge is 0.383 e. The van der Waals surface area contributed by atoms with Crippen molar-refractivity contribution >= 4 is 21.6 Å². The van der Waals surface area contributed by atoms with Crippen LogP contribution in [0.15, 0.2) is 29.2 Å². The predicted molar refractivity (Wildman–Crippen MR) is 86.0 cm³/mol. The summed E-state index contributed by atoms with van der Waals surface area (Å²) in [4.78, 5) is 21.3. The minimum Gasteiger partial charge on any atom is -0.383 e. The van der Waals surface area contributed by atoms with Gasteiger partial charge in [-0.3, -0.25) is 14.9 Å². The van der Waals surface area contributed by atoms with Gasteiger partial charge in [0.15, 0.2) is 0 Å². The van der Waals surface area contributed by atoms with Crippen molar-refractivity contribution < 1.29 is 22.9 Å². The molecule has 0 aromatic heterocycles. The van der Waals surface area contributed by atoms with Crippen LogP contribution >= 0.6 is 0 Å². The average molecular weight is 360 g/mol. The second-order valence-corrected chi connectivity index (χ2v) is 6.44. The third-order valence-corrected chi connectivity index (χ3v) is 4.31. The third-order valence-electron chi connectivity index (χ3n) is 2.85. The van der Waals surface area contributed by atoms with Gasteiger partial charge in [-0.25, -0.2) is 13.1 Å². The maximum atomic E-state index is 12.0. The molecule has 0 unspecified atom stereocenters. The number of benzene rings is 1. The van der Waals surface area contributed by atoms with E-state index in [-0.39, 0.29) is 36.1 Å². The highest BCUT2D eigenvalue weighted by Crippen LogP contribution is 2.16. The van der Waals surface area contributed by atoms with Gasteiger partial charge in [0, 0.05) is 38.9 Å². The van der Waals surface area contributed by atoms with Crippen LogP contribution in [0, 0.1) is 10.1 Å². The summed E-state index contributed by atoms with van der Waals surface area (Å²) in [6.45, 7) is 1.18. The molecule has 0 aliphatic heterocycles. The molecule has 0 radical (unpaired) electrons. The van der Waals surface area contributed by atoms with Gasteiger partial charge in [0.25, 0.3) is 5.69 Å². The van der Waals surface area contributed by atoms with Gasteiger partial charge in [-0.05, 0) is 6.07 Å². The highest BCUT2D eigenvalue weighted by Gasteiger charge is 2.17. The molecule has 0 heterocycles. The number of nitrogens with one attached hydrogen (secondary N) is 3. The second-order valence-electron chi connectivity index (χ2n) is 4.67. The van der Waals surface area contributed by atoms with Crippen LogP contribution in [-0.4, -0.2) is 59.1 Å². The molecule has 134 valence electrons. The lowest BCUT2D eigenvalue weighted by molar-refractivity contribution is -0.385. The number of hydrogen-bond donors (Lipinski definition) is 3. The van der Waals surface area contributed by atoms with Crippen molar-refractivity contribution in [1.82, 2.24) is 15.4 Å². The molecule has 24 heavy (non-hydrogen) atoms. The van der Waals surface area contributed by atoms with Crippen LogP contribution in [0.4, 0.5) is 5.69 Å². The van der Waals surface area contributed by atoms with Crippen LogP contribution < -0.4 is 15.4 Å². The molecule has 1 aromatic carbocycles. The topological polar surface area (TPSA) is 140 Å². The molecule has 0 bridgehead atoms. The highest BCUT2D eigenvalue weighted by molar-refractivity contribution is 7.89. The maximum absolute atomic E-state index is 12.0. The quantitative estimate of drug-likeness (QED) is 0.267. The maximum Gasteiger partial charge on any atom is 0.270 e. The van der Waals surface area contributed by atoms with Crippen molar-refractivity contribution in [2.45, 2.75) is 4.90 Å². The van der Waals surface area contributed by atoms with Crippen LogP contribution in [0.1, 0.15) is 0 Å². The molecule has 0 saturated heterocycles. The SMILES string of the molecule is COCCNCC(=O)NCCNS(=O)(=O)c1cccc([N+](=O)[O-])c1. The monoisotopic (exact) mass is 360 g/mol. The third kappa shape index (κ3) is 7.00. The van der Waals surface area contributed by atoms with Gasteiger partial charge < -0.3 is 15.4 Å². The van der Waals surface area contributed by atoms with Gasteiger partial charge >= 0.3 is 0 Å². The van der Waals surface area contributed by atoms with Gasteiger partial charge in [-0.2, -0.15) is 0 Å². The number of hydrogen-bond acceptors (Lipinski definition) is 7. The predicted octanol–water partition coefficient (Wildman–Crippen LogP) is -0.775. The van der Waals surface area contributed by atoms with E-state index in [2.05, 4.69) is 15.4 Å². The first-order valence-corrected chi connectivity index (χ1v) is 8.55. The molecule has 0 aliphatic carbocycles. The number of methoxy groups -OCH3 is 1. The fourth-order valence-corrected chi connectivity index (χ4v) is 2.74. The Hall–Kier alpha value is -2.08. The smallest absolute Gasteiger partial charge is 0.270 e. The lowest BCUT2D eigenvalue weighted by Crippen LogP contribution is -2.39. The van der Waals surface area contributed by atoms with E-state index >= 15 is 0 Å². The number of rotatable bonds is 11. The lowest BCUT2D eigenvalue weighted by atomic mass is 10.3. The van der Waals surface area contributed by atoms with Gasteiger partial charge in [0.2, 0.25) is 15.9 Å². The van der Waals surface area contributed by atoms with E-state index < -0.39 is 14.9 Å². The van der Waals surface area contributed by atoms with E-state index in [1.165, 1.54) is 18.2 Å². The fourth-order valence-electron chi connectivity index (χ4n) is 1.67. The molecule has 10 nitrogen and oxygen atoms in total. The number of carbonyl (C=O) groups is 1. The first-order chi connectivity index (χ1) is 11.4. The number of nitro benzene ring substituents is 1. The molecule has 0 saturated carbocycles. The molecule has 3 N–H and O–H groups in total. The molecular formula is C13H20N4O6S. The number of nitro groups is 1. The Morgan fingerprint density at radius 2 is 2.04 bits per heavy atom. The summed E-state index contributed by atoms with van der Waals surface area (Å²) in [5.41, 5.74) is -0.312. The zero-order chi connectivity index (χ0) is 18.0. The molecule has 1 rings (SSSR count). The summed E-state index contributed by atoms with van der Waals surface area (Å²) in [6.07, 6.45) is 0. The second kappa shape index (κ2) is 9.93. The number of nitrogens with zero attached hydrogens (tertiary/aromatic N) is 1. The standard InChI is InChI=1S/C13H20N4O6S/c1-23-8-7-14-10-13(18)15-5-6-16-24(21,22)12-4-2-3-11(9-12)17(19)20/h2-4,9,14,16H,5-8,10H2,1H3,(H,15,18). The normalized spacial score (nSPS) is 11.2. The Kier molecular flexibility index (Phi) is 8.26. The van der Waals surface area contributed by atoms with E-state index in [0.29, 0.717) is 13.2 Å². The van der Waals surface area contributed by atoms with Crippen molar-refractivity contribution in [3.8, 4) is 0 Å². The van der Waals surface area contributed by atoms with Gasteiger partial charge in [0.1, 0.15) is 0 Å². The summed E-state index contributed by atoms with van der Waals surface area (Å²) in [5, 5.41) is 16.1. The van der Waals surface area contributed by atoms with Crippen molar-refractivity contribution in [2.75, 3.05) is 39.9 Å². The minimum absolute atomic E-state index is 0.0329. The van der Waals surface area contributed by atoms with Crippen molar-refractivity contribution in [1.29, 1.82) is 0 Å². The molecule has 11 heteroatoms. The van der Waals surface area contributed by atoms with Gasteiger partial charge in [-0.1, -0.05) is 6.07 Å².